The predicted molar refractivity (Wildman–Crippen MR) is 130 cm³/mol. The number of benzene rings is 1. The Morgan fingerprint density at radius 1 is 1.19 bits per heavy atom. The van der Waals surface area contributed by atoms with Crippen molar-refractivity contribution >= 4 is 22.7 Å². The van der Waals surface area contributed by atoms with Gasteiger partial charge in [0.25, 0.3) is 0 Å². The molecule has 4 atom stereocenters. The van der Waals surface area contributed by atoms with Gasteiger partial charge in [0.1, 0.15) is 12.4 Å². The van der Waals surface area contributed by atoms with Crippen LogP contribution in [-0.4, -0.2) is 67.9 Å². The van der Waals surface area contributed by atoms with E-state index in [9.17, 15) is 28.0 Å². The Morgan fingerprint density at radius 3 is 2.57 bits per heavy atom. The lowest BCUT2D eigenvalue weighted by molar-refractivity contribution is -0.137. The van der Waals surface area contributed by atoms with Crippen LogP contribution in [-0.2, 0) is 15.8 Å². The van der Waals surface area contributed by atoms with E-state index in [1.807, 2.05) is 0 Å². The van der Waals surface area contributed by atoms with Gasteiger partial charge in [-0.25, -0.2) is 4.98 Å². The van der Waals surface area contributed by atoms with E-state index < -0.39 is 17.8 Å². The molecule has 1 aromatic heterocycles. The number of alkyl halides is 3. The van der Waals surface area contributed by atoms with E-state index >= 15 is 0 Å². The lowest BCUT2D eigenvalue weighted by Crippen LogP contribution is -2.59. The fourth-order valence-corrected chi connectivity index (χ4v) is 5.41. The van der Waals surface area contributed by atoms with Crippen LogP contribution in [0.3, 0.4) is 0 Å². The third kappa shape index (κ3) is 6.06. The number of likely N-dealkylation sites (tertiary alicyclic amines) is 1. The molecule has 3 N–H and O–H groups in total. The minimum atomic E-state index is -4.58. The van der Waals surface area contributed by atoms with Crippen molar-refractivity contribution in [2.45, 2.75) is 89.3 Å². The van der Waals surface area contributed by atoms with E-state index in [1.165, 1.54) is 6.92 Å². The van der Waals surface area contributed by atoms with Crippen molar-refractivity contribution in [2.24, 2.45) is 4.99 Å². The van der Waals surface area contributed by atoms with Gasteiger partial charge in [-0.15, -0.1) is 0 Å². The van der Waals surface area contributed by atoms with Gasteiger partial charge in [0.15, 0.2) is 5.49 Å². The Kier molecular flexibility index (Phi) is 7.24. The van der Waals surface area contributed by atoms with Gasteiger partial charge >= 0.3 is 6.18 Å². The number of hydrogen-bond acceptors (Lipinski definition) is 6. The minimum Gasteiger partial charge on any atom is -0.427 e. The Morgan fingerprint density at radius 2 is 1.92 bits per heavy atom. The number of aromatic nitrogens is 2. The SMILES string of the molecule is CC(=O)N[C@H]1C[C@H](NC(C)(C)C)CC[C@@H]1N1CC[C@H](N=c2ncn(O)c3ccc(C(F)(F)F)cc23)C1=O. The van der Waals surface area contributed by atoms with Gasteiger partial charge < -0.3 is 20.7 Å². The van der Waals surface area contributed by atoms with Crippen molar-refractivity contribution in [1.82, 2.24) is 25.2 Å². The number of nitrogens with zero attached hydrogens (tertiary/aromatic N) is 4. The molecular formula is C25H33F3N6O3. The average Bonchev–Trinajstić information content (AvgIpc) is 3.13. The quantitative estimate of drug-likeness (QED) is 0.535. The van der Waals surface area contributed by atoms with Crippen LogP contribution >= 0.6 is 0 Å². The summed E-state index contributed by atoms with van der Waals surface area (Å²) in [6.07, 6.45) is -0.950. The van der Waals surface area contributed by atoms with Gasteiger partial charge in [0.2, 0.25) is 11.8 Å². The van der Waals surface area contributed by atoms with Crippen LogP contribution in [0.2, 0.25) is 0 Å². The van der Waals surface area contributed by atoms with Gasteiger partial charge in [-0.1, -0.05) is 0 Å². The zero-order valence-corrected chi connectivity index (χ0v) is 21.3. The summed E-state index contributed by atoms with van der Waals surface area (Å²) in [6.45, 7) is 8.12. The maximum atomic E-state index is 13.4. The largest absolute Gasteiger partial charge is 0.427 e. The number of fused-ring (bicyclic) bond motifs is 1. The topological polar surface area (TPSA) is 112 Å². The first-order valence-corrected chi connectivity index (χ1v) is 12.4. The second-order valence-corrected chi connectivity index (χ2v) is 10.9. The highest BCUT2D eigenvalue weighted by Gasteiger charge is 2.42. The van der Waals surface area contributed by atoms with E-state index in [0.29, 0.717) is 30.5 Å². The summed E-state index contributed by atoms with van der Waals surface area (Å²) in [4.78, 5) is 35.5. The van der Waals surface area contributed by atoms with Crippen LogP contribution in [0.4, 0.5) is 13.2 Å². The molecule has 0 unspecified atom stereocenters. The molecule has 37 heavy (non-hydrogen) atoms. The van der Waals surface area contributed by atoms with Crippen molar-refractivity contribution in [2.75, 3.05) is 6.54 Å². The average molecular weight is 523 g/mol. The number of rotatable bonds is 4. The lowest BCUT2D eigenvalue weighted by atomic mass is 9.84. The fourth-order valence-electron chi connectivity index (χ4n) is 5.41. The van der Waals surface area contributed by atoms with E-state index in [1.54, 1.807) is 4.90 Å². The van der Waals surface area contributed by atoms with Crippen LogP contribution in [0, 0.1) is 0 Å². The summed E-state index contributed by atoms with van der Waals surface area (Å²) in [5.74, 6) is -0.415. The summed E-state index contributed by atoms with van der Waals surface area (Å²) < 4.78 is 40.5. The summed E-state index contributed by atoms with van der Waals surface area (Å²) in [7, 11) is 0. The Balaban J connectivity index is 1.61. The maximum absolute atomic E-state index is 13.4. The third-order valence-corrected chi connectivity index (χ3v) is 6.83. The first kappa shape index (κ1) is 26.9. The molecule has 0 spiro atoms. The highest BCUT2D eigenvalue weighted by molar-refractivity contribution is 5.85. The van der Waals surface area contributed by atoms with Gasteiger partial charge in [0, 0.05) is 30.4 Å². The highest BCUT2D eigenvalue weighted by Crippen LogP contribution is 2.31. The van der Waals surface area contributed by atoms with Crippen LogP contribution in [0.5, 0.6) is 0 Å². The fraction of sp³-hybridized carbons (Fsp3) is 0.600. The summed E-state index contributed by atoms with van der Waals surface area (Å²) in [5, 5.41) is 16.6. The van der Waals surface area contributed by atoms with Crippen molar-refractivity contribution in [1.29, 1.82) is 0 Å². The van der Waals surface area contributed by atoms with Crippen molar-refractivity contribution in [3.63, 3.8) is 0 Å². The van der Waals surface area contributed by atoms with Gasteiger partial charge in [0.05, 0.1) is 23.2 Å². The number of halogens is 3. The molecule has 1 saturated carbocycles. The summed E-state index contributed by atoms with van der Waals surface area (Å²) in [5.41, 5.74) is -0.930. The van der Waals surface area contributed by atoms with Crippen molar-refractivity contribution in [3.8, 4) is 0 Å². The Labute approximate surface area is 212 Å². The molecule has 2 amide bonds. The predicted octanol–water partition coefficient (Wildman–Crippen LogP) is 2.61. The number of carbonyl (C=O) groups excluding carboxylic acids is 2. The number of nitrogens with one attached hydrogen (secondary N) is 2. The number of amides is 2. The standard InChI is InChI=1S/C25H33F3N6O3/c1-14(35)30-19-12-16(32-24(2,3)4)6-8-21(19)33-10-9-18(23(33)36)31-22-17-11-15(25(26,27)28)5-7-20(17)34(37)13-29-22/h5,7,11,13,16,18-19,21,32,37H,6,8-10,12H2,1-4H3,(H,30,35)/t16-,18+,19+,21+/m1/s1. The molecule has 0 radical (unpaired) electrons. The smallest absolute Gasteiger partial charge is 0.416 e. The van der Waals surface area contributed by atoms with Crippen LogP contribution in [0.25, 0.3) is 10.9 Å². The molecule has 1 aromatic carbocycles. The maximum Gasteiger partial charge on any atom is 0.416 e. The number of carbonyl (C=O) groups is 2. The van der Waals surface area contributed by atoms with Gasteiger partial charge in [-0.3, -0.25) is 14.6 Å². The van der Waals surface area contributed by atoms with E-state index in [2.05, 4.69) is 41.4 Å². The van der Waals surface area contributed by atoms with E-state index in [0.717, 1.165) is 30.9 Å². The first-order chi connectivity index (χ1) is 17.2. The monoisotopic (exact) mass is 522 g/mol. The lowest BCUT2D eigenvalue weighted by Gasteiger charge is -2.43. The molecule has 1 saturated heterocycles. The molecular weight excluding hydrogens is 489 g/mol. The second kappa shape index (κ2) is 9.96. The van der Waals surface area contributed by atoms with Crippen molar-refractivity contribution < 1.29 is 28.0 Å². The highest BCUT2D eigenvalue weighted by atomic mass is 19.4. The second-order valence-electron chi connectivity index (χ2n) is 10.9. The molecule has 12 heteroatoms. The first-order valence-electron chi connectivity index (χ1n) is 12.4. The molecule has 9 nitrogen and oxygen atoms in total. The molecule has 2 fully saturated rings. The zero-order chi connectivity index (χ0) is 27.1. The summed E-state index contributed by atoms with van der Waals surface area (Å²) >= 11 is 0. The molecule has 4 rings (SSSR count). The molecule has 1 aliphatic heterocycles. The normalized spacial score (nSPS) is 25.6. The van der Waals surface area contributed by atoms with Gasteiger partial charge in [-0.05, 0) is 64.7 Å². The van der Waals surface area contributed by atoms with Crippen LogP contribution in [0.15, 0.2) is 29.5 Å². The third-order valence-electron chi connectivity index (χ3n) is 6.83. The Bertz CT molecular complexity index is 1250. The minimum absolute atomic E-state index is 0.00374. The molecule has 2 aromatic rings. The van der Waals surface area contributed by atoms with Gasteiger partial charge in [-0.2, -0.15) is 17.9 Å². The number of hydrogen-bond donors (Lipinski definition) is 3. The van der Waals surface area contributed by atoms with E-state index in [-0.39, 0.29) is 51.9 Å². The molecule has 202 valence electrons. The molecule has 1 aliphatic carbocycles. The van der Waals surface area contributed by atoms with Crippen LogP contribution < -0.4 is 16.1 Å². The Hall–Kier alpha value is -3.15. The zero-order valence-electron chi connectivity index (χ0n) is 21.3. The van der Waals surface area contributed by atoms with Crippen molar-refractivity contribution in [3.05, 3.63) is 35.6 Å². The molecule has 0 bridgehead atoms. The summed E-state index contributed by atoms with van der Waals surface area (Å²) in [6, 6.07) is 1.83. The molecule has 2 aliphatic rings. The molecule has 2 heterocycles. The van der Waals surface area contributed by atoms with E-state index in [4.69, 9.17) is 0 Å². The van der Waals surface area contributed by atoms with Crippen LogP contribution in [0.1, 0.15) is 58.9 Å².